The van der Waals surface area contributed by atoms with Crippen LogP contribution in [0.15, 0.2) is 141 Å². The van der Waals surface area contributed by atoms with E-state index < -0.39 is 0 Å². The number of para-hydroxylation sites is 4. The molecule has 0 fully saturated rings. The molecule has 6 nitrogen and oxygen atoms in total. The number of anilines is 2. The molecule has 0 N–H and O–H groups in total. The second kappa shape index (κ2) is 25.8. The van der Waals surface area contributed by atoms with Crippen molar-refractivity contribution >= 4 is 68.9 Å². The molecule has 0 aliphatic carbocycles. The second-order valence-corrected chi connectivity index (χ2v) is 20.6. The fourth-order valence-corrected chi connectivity index (χ4v) is 11.4. The van der Waals surface area contributed by atoms with E-state index in [1.165, 1.54) is 135 Å². The largest absolute Gasteiger partial charge is 1.00 e. The fraction of sp³-hybridized carbons (Fsp3) is 0.358. The molecule has 2 aliphatic rings. The fourth-order valence-electron chi connectivity index (χ4n) is 9.17. The monoisotopic (exact) mass is 1360 g/mol. The van der Waals surface area contributed by atoms with E-state index in [-0.39, 0.29) is 95.9 Å². The Morgan fingerprint density at radius 3 is 1.23 bits per heavy atom. The number of pyridine rings is 2. The van der Waals surface area contributed by atoms with Gasteiger partial charge in [-0.2, -0.15) is 9.13 Å². The molecule has 0 unspecified atom stereocenters. The Balaban J connectivity index is 0.00000231. The minimum absolute atomic E-state index is 0. The van der Waals surface area contributed by atoms with Crippen molar-refractivity contribution in [3.63, 3.8) is 0 Å². The second-order valence-electron chi connectivity index (χ2n) is 18.4. The number of hydrogen-bond donors (Lipinski definition) is 0. The van der Waals surface area contributed by atoms with Gasteiger partial charge in [-0.05, 0) is 85.4 Å². The van der Waals surface area contributed by atoms with E-state index in [2.05, 4.69) is 195 Å². The molecule has 2 aromatic heterocycles. The van der Waals surface area contributed by atoms with Crippen LogP contribution in [0.3, 0.4) is 0 Å². The van der Waals surface area contributed by atoms with Crippen molar-refractivity contribution in [1.29, 1.82) is 0 Å². The number of aromatic nitrogens is 2. The number of quaternary nitrogens is 2. The third kappa shape index (κ3) is 14.2. The summed E-state index contributed by atoms with van der Waals surface area (Å²) in [5, 5.41) is 5.20. The molecule has 0 saturated carbocycles. The zero-order valence-electron chi connectivity index (χ0n) is 38.9. The maximum absolute atomic E-state index is 2.46. The lowest BCUT2D eigenvalue weighted by molar-refractivity contribution is -0.909. The topological polar surface area (TPSA) is 14.2 Å². The van der Waals surface area contributed by atoms with Crippen molar-refractivity contribution in [2.75, 3.05) is 78.3 Å². The highest BCUT2D eigenvalue weighted by molar-refractivity contribution is 8.04. The van der Waals surface area contributed by atoms with Gasteiger partial charge in [0, 0.05) is 67.4 Å². The smallest absolute Gasteiger partial charge is 0.213 e. The highest BCUT2D eigenvalue weighted by atomic mass is 127. The molecule has 0 saturated heterocycles. The first kappa shape index (κ1) is 55.9. The molecule has 8 rings (SSSR count). The third-order valence-corrected chi connectivity index (χ3v) is 15.2. The summed E-state index contributed by atoms with van der Waals surface area (Å²) in [5.41, 5.74) is 7.79. The average molecular weight is 1360 g/mol. The Labute approximate surface area is 466 Å². The Morgan fingerprint density at radius 1 is 0.446 bits per heavy atom. The van der Waals surface area contributed by atoms with Gasteiger partial charge in [-0.25, -0.2) is 0 Å². The van der Waals surface area contributed by atoms with Gasteiger partial charge in [0.25, 0.3) is 0 Å². The molecule has 4 heterocycles. The number of thioether (sulfide) groups is 2. The van der Waals surface area contributed by atoms with Crippen LogP contribution in [0.2, 0.25) is 0 Å². The van der Waals surface area contributed by atoms with Crippen LogP contribution >= 0.6 is 23.5 Å². The summed E-state index contributed by atoms with van der Waals surface area (Å²) >= 11 is 3.72. The van der Waals surface area contributed by atoms with Gasteiger partial charge in [-0.1, -0.05) is 72.1 Å². The van der Waals surface area contributed by atoms with E-state index in [1.807, 2.05) is 23.5 Å². The van der Waals surface area contributed by atoms with Gasteiger partial charge >= 0.3 is 0 Å². The van der Waals surface area contributed by atoms with Gasteiger partial charge in [0.1, 0.15) is 13.1 Å². The molecule has 4 aromatic carbocycles. The maximum Gasteiger partial charge on any atom is 0.213 e. The SMILES string of the molecule is CN1/C(=C\c2cc[n+](CCCCC[N+](C)(C)CCC[N+](C)(C)CCCCC[n+]3ccc(/C=C4/Sc5ccccc5N4C)c4ccccc43)c3ccccc23)Sc2ccccc21.[I-].[I-].[I-].[I-]. The van der Waals surface area contributed by atoms with Crippen molar-refractivity contribution in [3.05, 3.63) is 143 Å². The summed E-state index contributed by atoms with van der Waals surface area (Å²) in [4.78, 5) is 7.28. The van der Waals surface area contributed by atoms with Gasteiger partial charge in [-0.3, -0.25) is 0 Å². The number of fused-ring (bicyclic) bond motifs is 4. The third-order valence-electron chi connectivity index (χ3n) is 12.9. The molecule has 0 radical (unpaired) electrons. The van der Waals surface area contributed by atoms with Crippen LogP contribution < -0.4 is 115 Å². The van der Waals surface area contributed by atoms with Crippen LogP contribution in [0.25, 0.3) is 34.0 Å². The lowest BCUT2D eigenvalue weighted by Gasteiger charge is -2.33. The van der Waals surface area contributed by atoms with E-state index in [9.17, 15) is 0 Å². The Morgan fingerprint density at radius 2 is 0.815 bits per heavy atom. The van der Waals surface area contributed by atoms with E-state index >= 15 is 0 Å². The molecular formula is C53H66I4N6S2. The van der Waals surface area contributed by atoms with Crippen LogP contribution in [0.4, 0.5) is 11.4 Å². The molecule has 6 aromatic rings. The van der Waals surface area contributed by atoms with Gasteiger partial charge in [-0.15, -0.1) is 0 Å². The molecule has 0 atom stereocenters. The molecular weight excluding hydrogens is 1290 g/mol. The zero-order chi connectivity index (χ0) is 42.4. The normalized spacial score (nSPS) is 14.5. The average Bonchev–Trinajstić information content (AvgIpc) is 3.75. The predicted octanol–water partition coefficient (Wildman–Crippen LogP) is -0.751. The minimum atomic E-state index is 0. The number of benzene rings is 4. The summed E-state index contributed by atoms with van der Waals surface area (Å²) in [6.07, 6.45) is 18.1. The van der Waals surface area contributed by atoms with Crippen molar-refractivity contribution in [2.24, 2.45) is 0 Å². The summed E-state index contributed by atoms with van der Waals surface area (Å²) in [7, 11) is 14.1. The quantitative estimate of drug-likeness (QED) is 0.0488. The molecule has 0 bridgehead atoms. The van der Waals surface area contributed by atoms with Crippen LogP contribution in [0.1, 0.15) is 56.1 Å². The van der Waals surface area contributed by atoms with E-state index in [1.54, 1.807) is 0 Å². The Hall–Kier alpha value is -1.68. The summed E-state index contributed by atoms with van der Waals surface area (Å²) in [5.74, 6) is 0. The molecule has 0 amide bonds. The van der Waals surface area contributed by atoms with Crippen molar-refractivity contribution in [1.82, 2.24) is 0 Å². The Kier molecular flexibility index (Phi) is 22.2. The maximum atomic E-state index is 2.46. The van der Waals surface area contributed by atoms with Crippen molar-refractivity contribution in [2.45, 2.75) is 67.8 Å². The van der Waals surface area contributed by atoms with Crippen LogP contribution in [0.5, 0.6) is 0 Å². The van der Waals surface area contributed by atoms with Gasteiger partial charge in [0.15, 0.2) is 12.4 Å². The molecule has 0 spiro atoms. The van der Waals surface area contributed by atoms with Gasteiger partial charge < -0.3 is 115 Å². The number of rotatable bonds is 18. The molecule has 12 heteroatoms. The number of nitrogens with zero attached hydrogens (tertiary/aromatic N) is 6. The van der Waals surface area contributed by atoms with Gasteiger partial charge in [0.2, 0.25) is 11.0 Å². The first-order valence-electron chi connectivity index (χ1n) is 22.5. The van der Waals surface area contributed by atoms with Crippen molar-refractivity contribution in [3.8, 4) is 0 Å². The Bertz CT molecular complexity index is 2390. The predicted molar refractivity (Wildman–Crippen MR) is 262 cm³/mol. The van der Waals surface area contributed by atoms with Gasteiger partial charge in [0.05, 0.1) is 86.6 Å². The highest BCUT2D eigenvalue weighted by Gasteiger charge is 2.25. The van der Waals surface area contributed by atoms with E-state index in [0.717, 1.165) is 22.1 Å². The van der Waals surface area contributed by atoms with E-state index in [0.29, 0.717) is 0 Å². The minimum Gasteiger partial charge on any atom is -1.00 e. The van der Waals surface area contributed by atoms with Crippen LogP contribution in [0, 0.1) is 0 Å². The molecule has 65 heavy (non-hydrogen) atoms. The number of unbranched alkanes of at least 4 members (excludes halogenated alkanes) is 4. The first-order valence-corrected chi connectivity index (χ1v) is 24.1. The van der Waals surface area contributed by atoms with Crippen LogP contribution in [-0.2, 0) is 13.1 Å². The first-order chi connectivity index (χ1) is 29.6. The lowest BCUT2D eigenvalue weighted by atomic mass is 10.1. The van der Waals surface area contributed by atoms with Crippen molar-refractivity contribution < 1.29 is 114 Å². The zero-order valence-corrected chi connectivity index (χ0v) is 49.2. The standard InChI is InChI=1S/C53H66N6S2.4HI/c1-54-48-26-13-15-28-50(48)60-52(54)40-42-30-34-56(46-24-11-9-22-44(42)46)32-17-7-19-36-58(3,4)38-21-39-59(5,6)37-20-8-18-33-57-35-31-43(45-23-10-12-25-47(45)57)41-53-55(2)49-27-14-16-29-51(49)61-53;;;;/h9-16,22-31,34-35,40-41H,7-8,17-21,32-33,36-39H2,1-6H3;4*1H/q+4;;;;/p-4. The highest BCUT2D eigenvalue weighted by Crippen LogP contribution is 2.46. The number of aryl methyl sites for hydroxylation is 2. The summed E-state index contributed by atoms with van der Waals surface area (Å²) in [6, 6.07) is 39.8. The summed E-state index contributed by atoms with van der Waals surface area (Å²) < 4.78 is 7.15. The lowest BCUT2D eigenvalue weighted by Crippen LogP contribution is -3.00. The molecule has 348 valence electrons. The number of halogens is 4. The van der Waals surface area contributed by atoms with E-state index in [4.69, 9.17) is 0 Å². The molecule has 2 aliphatic heterocycles. The number of hydrogen-bond acceptors (Lipinski definition) is 4. The summed E-state index contributed by atoms with van der Waals surface area (Å²) in [6.45, 7) is 7.10. The van der Waals surface area contributed by atoms with Crippen LogP contribution in [-0.4, -0.2) is 77.4 Å².